The minimum absolute atomic E-state index is 0.505. The number of halogens is 1. The van der Waals surface area contributed by atoms with Crippen molar-refractivity contribution in [2.45, 2.75) is 44.8 Å². The van der Waals surface area contributed by atoms with Crippen molar-refractivity contribution in [3.05, 3.63) is 16.4 Å². The second kappa shape index (κ2) is 5.19. The minimum atomic E-state index is -0.505. The van der Waals surface area contributed by atoms with Crippen LogP contribution in [-0.2, 0) is 13.6 Å². The zero-order chi connectivity index (χ0) is 13.3. The van der Waals surface area contributed by atoms with E-state index in [1.54, 1.807) is 0 Å². The number of aryl methyl sites for hydroxylation is 2. The SMILES string of the molecule is Cc1nn(C)c(CN(C)CC2(O)CCCC2)c1Cl. The fourth-order valence-electron chi connectivity index (χ4n) is 2.86. The van der Waals surface area contributed by atoms with Gasteiger partial charge < -0.3 is 5.11 Å². The van der Waals surface area contributed by atoms with Crippen molar-refractivity contribution in [2.24, 2.45) is 7.05 Å². The normalized spacial score (nSPS) is 18.8. The number of rotatable bonds is 4. The maximum atomic E-state index is 10.4. The van der Waals surface area contributed by atoms with Crippen molar-refractivity contribution >= 4 is 11.6 Å². The summed E-state index contributed by atoms with van der Waals surface area (Å²) in [6.45, 7) is 3.34. The molecule has 0 radical (unpaired) electrons. The van der Waals surface area contributed by atoms with E-state index in [9.17, 15) is 5.11 Å². The summed E-state index contributed by atoms with van der Waals surface area (Å²) >= 11 is 6.24. The van der Waals surface area contributed by atoms with E-state index in [0.29, 0.717) is 6.54 Å². The largest absolute Gasteiger partial charge is 0.389 e. The Balaban J connectivity index is 2.00. The van der Waals surface area contributed by atoms with Gasteiger partial charge in [-0.2, -0.15) is 5.10 Å². The Morgan fingerprint density at radius 2 is 2.06 bits per heavy atom. The number of aliphatic hydroxyl groups is 1. The van der Waals surface area contributed by atoms with Gasteiger partial charge in [0.15, 0.2) is 0 Å². The van der Waals surface area contributed by atoms with Gasteiger partial charge in [0.25, 0.3) is 0 Å². The Labute approximate surface area is 114 Å². The first-order valence-corrected chi connectivity index (χ1v) is 6.88. The molecule has 0 bridgehead atoms. The van der Waals surface area contributed by atoms with Crippen LogP contribution in [0.25, 0.3) is 0 Å². The molecule has 4 nitrogen and oxygen atoms in total. The second-order valence-corrected chi connectivity index (χ2v) is 5.95. The summed E-state index contributed by atoms with van der Waals surface area (Å²) in [5.74, 6) is 0. The highest BCUT2D eigenvalue weighted by Crippen LogP contribution is 2.30. The van der Waals surface area contributed by atoms with E-state index in [1.165, 1.54) is 0 Å². The third-order valence-corrected chi connectivity index (χ3v) is 4.27. The van der Waals surface area contributed by atoms with Crippen molar-refractivity contribution in [3.8, 4) is 0 Å². The van der Waals surface area contributed by atoms with Gasteiger partial charge in [-0.1, -0.05) is 24.4 Å². The van der Waals surface area contributed by atoms with Crippen LogP contribution < -0.4 is 0 Å². The quantitative estimate of drug-likeness (QED) is 0.912. The molecule has 0 amide bonds. The van der Waals surface area contributed by atoms with Gasteiger partial charge in [0.05, 0.1) is 22.0 Å². The lowest BCUT2D eigenvalue weighted by molar-refractivity contribution is 0.0140. The van der Waals surface area contributed by atoms with E-state index in [-0.39, 0.29) is 0 Å². The van der Waals surface area contributed by atoms with Crippen molar-refractivity contribution < 1.29 is 5.11 Å². The molecule has 1 aromatic heterocycles. The molecule has 102 valence electrons. The summed E-state index contributed by atoms with van der Waals surface area (Å²) < 4.78 is 1.83. The third-order valence-electron chi connectivity index (χ3n) is 3.78. The molecule has 1 aromatic rings. The molecule has 5 heteroatoms. The summed E-state index contributed by atoms with van der Waals surface area (Å²) in [6.07, 6.45) is 4.09. The highest BCUT2D eigenvalue weighted by molar-refractivity contribution is 6.31. The molecule has 0 spiro atoms. The van der Waals surface area contributed by atoms with Gasteiger partial charge in [-0.3, -0.25) is 9.58 Å². The summed E-state index contributed by atoms with van der Waals surface area (Å²) in [5, 5.41) is 15.4. The number of nitrogens with zero attached hydrogens (tertiary/aromatic N) is 3. The molecule has 0 aliphatic heterocycles. The van der Waals surface area contributed by atoms with E-state index < -0.39 is 5.60 Å². The van der Waals surface area contributed by atoms with Crippen LogP contribution in [0.1, 0.15) is 37.1 Å². The summed E-state index contributed by atoms with van der Waals surface area (Å²) in [5.41, 5.74) is 1.37. The number of likely N-dealkylation sites (N-methyl/N-ethyl adjacent to an activating group) is 1. The maximum Gasteiger partial charge on any atom is 0.0860 e. The molecule has 1 aliphatic carbocycles. The van der Waals surface area contributed by atoms with Gasteiger partial charge in [-0.25, -0.2) is 0 Å². The zero-order valence-electron chi connectivity index (χ0n) is 11.4. The van der Waals surface area contributed by atoms with E-state index in [0.717, 1.165) is 48.6 Å². The first-order valence-electron chi connectivity index (χ1n) is 6.50. The Morgan fingerprint density at radius 1 is 1.44 bits per heavy atom. The molecule has 18 heavy (non-hydrogen) atoms. The summed E-state index contributed by atoms with van der Waals surface area (Å²) in [6, 6.07) is 0. The Kier molecular flexibility index (Phi) is 3.99. The van der Waals surface area contributed by atoms with Crippen LogP contribution in [0.5, 0.6) is 0 Å². The smallest absolute Gasteiger partial charge is 0.0860 e. The van der Waals surface area contributed by atoms with Crippen molar-refractivity contribution in [2.75, 3.05) is 13.6 Å². The van der Waals surface area contributed by atoms with Gasteiger partial charge in [0, 0.05) is 20.1 Å². The average Bonchev–Trinajstić information content (AvgIpc) is 2.79. The van der Waals surface area contributed by atoms with Crippen LogP contribution >= 0.6 is 11.6 Å². The molecular weight excluding hydrogens is 250 g/mol. The van der Waals surface area contributed by atoms with Crippen LogP contribution in [0.4, 0.5) is 0 Å². The Bertz CT molecular complexity index is 424. The molecule has 0 unspecified atom stereocenters. The van der Waals surface area contributed by atoms with Gasteiger partial charge >= 0.3 is 0 Å². The van der Waals surface area contributed by atoms with Crippen LogP contribution in [0.15, 0.2) is 0 Å². The van der Waals surface area contributed by atoms with Gasteiger partial charge in [-0.15, -0.1) is 0 Å². The van der Waals surface area contributed by atoms with E-state index in [4.69, 9.17) is 11.6 Å². The van der Waals surface area contributed by atoms with Gasteiger partial charge in [-0.05, 0) is 26.8 Å². The molecular formula is C13H22ClN3O. The number of aromatic nitrogens is 2. The second-order valence-electron chi connectivity index (χ2n) is 5.57. The fourth-order valence-corrected chi connectivity index (χ4v) is 3.08. The molecule has 1 fully saturated rings. The summed E-state index contributed by atoms with van der Waals surface area (Å²) in [4.78, 5) is 2.13. The molecule has 0 atom stereocenters. The van der Waals surface area contributed by atoms with Crippen molar-refractivity contribution in [3.63, 3.8) is 0 Å². The minimum Gasteiger partial charge on any atom is -0.389 e. The average molecular weight is 272 g/mol. The fraction of sp³-hybridized carbons (Fsp3) is 0.769. The van der Waals surface area contributed by atoms with Crippen molar-refractivity contribution in [1.82, 2.24) is 14.7 Å². The van der Waals surface area contributed by atoms with E-state index in [2.05, 4.69) is 10.00 Å². The molecule has 0 saturated heterocycles. The lowest BCUT2D eigenvalue weighted by Crippen LogP contribution is -2.39. The first-order chi connectivity index (χ1) is 8.41. The van der Waals surface area contributed by atoms with Crippen LogP contribution in [0.3, 0.4) is 0 Å². The van der Waals surface area contributed by atoms with Gasteiger partial charge in [0.2, 0.25) is 0 Å². The molecule has 1 N–H and O–H groups in total. The Hall–Kier alpha value is -0.580. The van der Waals surface area contributed by atoms with Crippen LogP contribution in [-0.4, -0.2) is 39.0 Å². The lowest BCUT2D eigenvalue weighted by Gasteiger charge is -2.28. The monoisotopic (exact) mass is 271 g/mol. The number of hydrogen-bond acceptors (Lipinski definition) is 3. The van der Waals surface area contributed by atoms with Gasteiger partial charge in [0.1, 0.15) is 0 Å². The van der Waals surface area contributed by atoms with Crippen LogP contribution in [0.2, 0.25) is 5.02 Å². The topological polar surface area (TPSA) is 41.3 Å². The highest BCUT2D eigenvalue weighted by atomic mass is 35.5. The van der Waals surface area contributed by atoms with Crippen molar-refractivity contribution in [1.29, 1.82) is 0 Å². The van der Waals surface area contributed by atoms with Crippen LogP contribution in [0, 0.1) is 6.92 Å². The standard InChI is InChI=1S/C13H22ClN3O/c1-10-12(14)11(17(3)15-10)8-16(2)9-13(18)6-4-5-7-13/h18H,4-9H2,1-3H3. The lowest BCUT2D eigenvalue weighted by atomic mass is 10.0. The number of hydrogen-bond donors (Lipinski definition) is 1. The highest BCUT2D eigenvalue weighted by Gasteiger charge is 2.32. The predicted octanol–water partition coefficient (Wildman–Crippen LogP) is 2.12. The molecule has 1 saturated carbocycles. The first kappa shape index (κ1) is 13.8. The molecule has 1 aliphatic rings. The Morgan fingerprint density at radius 3 is 2.56 bits per heavy atom. The predicted molar refractivity (Wildman–Crippen MR) is 72.7 cm³/mol. The van der Waals surface area contributed by atoms with E-state index >= 15 is 0 Å². The molecule has 1 heterocycles. The van der Waals surface area contributed by atoms with E-state index in [1.807, 2.05) is 25.7 Å². The molecule has 0 aromatic carbocycles. The molecule has 2 rings (SSSR count). The maximum absolute atomic E-state index is 10.4. The summed E-state index contributed by atoms with van der Waals surface area (Å²) in [7, 11) is 3.93. The third kappa shape index (κ3) is 2.87. The zero-order valence-corrected chi connectivity index (χ0v) is 12.2.